The van der Waals surface area contributed by atoms with E-state index in [2.05, 4.69) is 20.4 Å². The molecule has 1 aromatic heterocycles. The molecule has 0 aliphatic heterocycles. The van der Waals surface area contributed by atoms with Gasteiger partial charge in [0.2, 0.25) is 5.91 Å². The Hall–Kier alpha value is -3.31. The van der Waals surface area contributed by atoms with Crippen LogP contribution in [-0.4, -0.2) is 35.8 Å². The molecule has 0 bridgehead atoms. The largest absolute Gasteiger partial charge is 0.473 e. The van der Waals surface area contributed by atoms with Crippen molar-refractivity contribution in [3.63, 3.8) is 0 Å². The molecule has 12 heteroatoms. The van der Waals surface area contributed by atoms with Crippen LogP contribution in [0.5, 0.6) is 0 Å². The number of aromatic nitrogens is 1. The highest BCUT2D eigenvalue weighted by molar-refractivity contribution is 5.93. The van der Waals surface area contributed by atoms with Crippen molar-refractivity contribution in [2.75, 3.05) is 11.9 Å². The van der Waals surface area contributed by atoms with Crippen LogP contribution in [0.1, 0.15) is 32.4 Å². The number of nitrogens with one attached hydrogen (secondary N) is 2. The van der Waals surface area contributed by atoms with Crippen LogP contribution in [0.15, 0.2) is 41.6 Å². The van der Waals surface area contributed by atoms with Crippen molar-refractivity contribution in [1.82, 2.24) is 10.3 Å². The summed E-state index contributed by atoms with van der Waals surface area (Å²) in [6.45, 7) is 2.67. The van der Waals surface area contributed by atoms with E-state index in [0.29, 0.717) is 11.4 Å². The Morgan fingerprint density at radius 2 is 1.93 bits per heavy atom. The van der Waals surface area contributed by atoms with Gasteiger partial charge >= 0.3 is 12.3 Å². The molecule has 0 spiro atoms. The number of halogens is 4. The number of carbonyl (C=O) groups is 2. The molecule has 0 saturated carbocycles. The van der Waals surface area contributed by atoms with E-state index in [1.807, 2.05) is 0 Å². The Kier molecular flexibility index (Phi) is 8.62. The van der Waals surface area contributed by atoms with Gasteiger partial charge in [-0.15, -0.1) is 0 Å². The van der Waals surface area contributed by atoms with E-state index in [-0.39, 0.29) is 17.2 Å². The summed E-state index contributed by atoms with van der Waals surface area (Å²) in [5.74, 6) is -5.65. The van der Waals surface area contributed by atoms with Crippen LogP contribution in [0.25, 0.3) is 0 Å². The first kappa shape index (κ1) is 24.7. The van der Waals surface area contributed by atoms with Crippen molar-refractivity contribution in [3.8, 4) is 0 Å². The molecule has 0 fully saturated rings. The number of carbonyl (C=O) groups excluding carboxylic acids is 2. The SMILES string of the molecule is CC(=O)Nc1cc(C(C)NC(=O)/C(N)=C/C(C)=C(\N)OCC(F)(F)C(F)F)ccn1. The number of hydrogen-bond donors (Lipinski definition) is 4. The molecule has 2 amide bonds. The lowest BCUT2D eigenvalue weighted by molar-refractivity contribution is -0.158. The number of nitrogens with zero attached hydrogens (tertiary/aromatic N) is 1. The topological polar surface area (TPSA) is 132 Å². The van der Waals surface area contributed by atoms with Crippen molar-refractivity contribution in [3.05, 3.63) is 47.1 Å². The third kappa shape index (κ3) is 7.60. The van der Waals surface area contributed by atoms with Gasteiger partial charge in [0.05, 0.1) is 11.7 Å². The lowest BCUT2D eigenvalue weighted by Crippen LogP contribution is -2.33. The third-order valence-electron chi connectivity index (χ3n) is 3.70. The van der Waals surface area contributed by atoms with E-state index >= 15 is 0 Å². The Bertz CT molecular complexity index is 843. The maximum atomic E-state index is 12.9. The van der Waals surface area contributed by atoms with Gasteiger partial charge in [-0.1, -0.05) is 0 Å². The fourth-order valence-corrected chi connectivity index (χ4v) is 2.05. The molecule has 6 N–H and O–H groups in total. The number of allylic oxidation sites excluding steroid dienone is 2. The zero-order valence-corrected chi connectivity index (χ0v) is 16.5. The van der Waals surface area contributed by atoms with E-state index in [4.69, 9.17) is 11.5 Å². The van der Waals surface area contributed by atoms with E-state index < -0.39 is 36.8 Å². The second-order valence-corrected chi connectivity index (χ2v) is 6.35. The van der Waals surface area contributed by atoms with Crippen LogP contribution in [0, 0.1) is 0 Å². The molecule has 0 aliphatic rings. The first-order valence-corrected chi connectivity index (χ1v) is 8.60. The molecular formula is C18H23F4N5O3. The maximum Gasteiger partial charge on any atom is 0.340 e. The number of nitrogens with two attached hydrogens (primary N) is 2. The predicted octanol–water partition coefficient (Wildman–Crippen LogP) is 2.17. The minimum Gasteiger partial charge on any atom is -0.473 e. The van der Waals surface area contributed by atoms with E-state index in [1.165, 1.54) is 20.0 Å². The zero-order valence-electron chi connectivity index (χ0n) is 16.5. The molecule has 1 unspecified atom stereocenters. The minimum absolute atomic E-state index is 0.00257. The lowest BCUT2D eigenvalue weighted by atomic mass is 10.1. The van der Waals surface area contributed by atoms with E-state index in [1.54, 1.807) is 19.1 Å². The maximum absolute atomic E-state index is 12.9. The van der Waals surface area contributed by atoms with Crippen LogP contribution in [0.4, 0.5) is 23.4 Å². The molecule has 0 radical (unpaired) electrons. The zero-order chi connectivity index (χ0) is 23.1. The summed E-state index contributed by atoms with van der Waals surface area (Å²) in [5.41, 5.74) is 11.4. The molecule has 1 heterocycles. The van der Waals surface area contributed by atoms with Gasteiger partial charge in [-0.25, -0.2) is 13.8 Å². The molecule has 1 atom stereocenters. The van der Waals surface area contributed by atoms with Crippen LogP contribution in [0.3, 0.4) is 0 Å². The average Bonchev–Trinajstić information content (AvgIpc) is 2.65. The molecule has 30 heavy (non-hydrogen) atoms. The number of alkyl halides is 4. The smallest absolute Gasteiger partial charge is 0.340 e. The minimum atomic E-state index is -4.37. The summed E-state index contributed by atoms with van der Waals surface area (Å²) >= 11 is 0. The highest BCUT2D eigenvalue weighted by Gasteiger charge is 2.41. The van der Waals surface area contributed by atoms with Crippen molar-refractivity contribution in [2.45, 2.75) is 39.2 Å². The molecular weight excluding hydrogens is 410 g/mol. The summed E-state index contributed by atoms with van der Waals surface area (Å²) in [4.78, 5) is 27.3. The lowest BCUT2D eigenvalue weighted by Gasteiger charge is -2.17. The van der Waals surface area contributed by atoms with Gasteiger partial charge in [0, 0.05) is 18.7 Å². The summed E-state index contributed by atoms with van der Waals surface area (Å²) < 4.78 is 54.5. The van der Waals surface area contributed by atoms with Gasteiger partial charge in [0.25, 0.3) is 5.91 Å². The number of hydrogen-bond acceptors (Lipinski definition) is 6. The highest BCUT2D eigenvalue weighted by atomic mass is 19.3. The van der Waals surface area contributed by atoms with Gasteiger partial charge < -0.3 is 26.8 Å². The molecule has 166 valence electrons. The van der Waals surface area contributed by atoms with Crippen LogP contribution < -0.4 is 22.1 Å². The van der Waals surface area contributed by atoms with E-state index in [9.17, 15) is 27.2 Å². The quantitative estimate of drug-likeness (QED) is 0.204. The first-order chi connectivity index (χ1) is 13.8. The Morgan fingerprint density at radius 1 is 1.30 bits per heavy atom. The Morgan fingerprint density at radius 3 is 2.50 bits per heavy atom. The average molecular weight is 433 g/mol. The monoisotopic (exact) mass is 433 g/mol. The van der Waals surface area contributed by atoms with Crippen molar-refractivity contribution < 1.29 is 31.9 Å². The molecule has 0 aliphatic carbocycles. The van der Waals surface area contributed by atoms with Crippen molar-refractivity contribution in [1.29, 1.82) is 0 Å². The second-order valence-electron chi connectivity index (χ2n) is 6.35. The summed E-state index contributed by atoms with van der Waals surface area (Å²) in [6.07, 6.45) is -1.40. The fourth-order valence-electron chi connectivity index (χ4n) is 2.05. The van der Waals surface area contributed by atoms with Crippen LogP contribution in [0.2, 0.25) is 0 Å². The Balaban J connectivity index is 2.80. The number of anilines is 1. The van der Waals surface area contributed by atoms with Gasteiger partial charge in [0.15, 0.2) is 12.5 Å². The number of ether oxygens (including phenoxy) is 1. The van der Waals surface area contributed by atoms with Crippen LogP contribution in [-0.2, 0) is 14.3 Å². The second kappa shape index (κ2) is 10.5. The van der Waals surface area contributed by atoms with Crippen LogP contribution >= 0.6 is 0 Å². The van der Waals surface area contributed by atoms with Gasteiger partial charge in [-0.3, -0.25) is 9.59 Å². The van der Waals surface area contributed by atoms with Gasteiger partial charge in [-0.05, 0) is 37.6 Å². The standard InChI is InChI=1S/C18H23F4N5O3/c1-9(15(24)30-8-18(21,22)17(19)20)6-13(23)16(29)26-10(2)12-4-5-25-14(7-12)27-11(3)28/h4-7,10,17H,8,23-24H2,1-3H3,(H,26,29)(H,25,27,28)/b13-6-,15-9+. The first-order valence-electron chi connectivity index (χ1n) is 8.60. The highest BCUT2D eigenvalue weighted by Crippen LogP contribution is 2.24. The van der Waals surface area contributed by atoms with Crippen molar-refractivity contribution in [2.24, 2.45) is 11.5 Å². The van der Waals surface area contributed by atoms with Crippen molar-refractivity contribution >= 4 is 17.6 Å². The predicted molar refractivity (Wildman–Crippen MR) is 101 cm³/mol. The molecule has 0 aromatic carbocycles. The normalized spacial score (nSPS) is 14.1. The molecule has 1 rings (SSSR count). The Labute approximate surface area is 170 Å². The molecule has 8 nitrogen and oxygen atoms in total. The van der Waals surface area contributed by atoms with Gasteiger partial charge in [-0.2, -0.15) is 8.78 Å². The summed E-state index contributed by atoms with van der Waals surface area (Å²) in [6, 6.07) is 2.66. The van der Waals surface area contributed by atoms with Gasteiger partial charge in [0.1, 0.15) is 5.82 Å². The third-order valence-corrected chi connectivity index (χ3v) is 3.70. The summed E-state index contributed by atoms with van der Waals surface area (Å²) in [7, 11) is 0. The molecule has 0 saturated heterocycles. The fraction of sp³-hybridized carbons (Fsp3) is 0.389. The molecule has 1 aromatic rings. The van der Waals surface area contributed by atoms with E-state index in [0.717, 1.165) is 6.08 Å². The summed E-state index contributed by atoms with van der Waals surface area (Å²) in [5, 5.41) is 5.11. The number of pyridine rings is 1. The number of amides is 2. The number of rotatable bonds is 9.